The third-order valence-corrected chi connectivity index (χ3v) is 2.62. The summed E-state index contributed by atoms with van der Waals surface area (Å²) in [6, 6.07) is 8.80. The van der Waals surface area contributed by atoms with Crippen molar-refractivity contribution in [1.29, 1.82) is 0 Å². The molecule has 19 heavy (non-hydrogen) atoms. The van der Waals surface area contributed by atoms with Gasteiger partial charge in [0.1, 0.15) is 24.4 Å². The van der Waals surface area contributed by atoms with Crippen LogP contribution >= 0.6 is 0 Å². The van der Waals surface area contributed by atoms with Crippen molar-refractivity contribution in [2.45, 2.75) is 13.0 Å². The van der Waals surface area contributed by atoms with Crippen LogP contribution in [0, 0.1) is 0 Å². The predicted molar refractivity (Wildman–Crippen MR) is 67.2 cm³/mol. The summed E-state index contributed by atoms with van der Waals surface area (Å²) in [6.07, 6.45) is 1.69. The third kappa shape index (κ3) is 3.35. The molecule has 5 heteroatoms. The van der Waals surface area contributed by atoms with Gasteiger partial charge in [-0.25, -0.2) is 4.79 Å². The molecule has 2 rings (SSSR count). The molecule has 0 aliphatic heterocycles. The van der Waals surface area contributed by atoms with Crippen LogP contribution in [0.25, 0.3) is 0 Å². The lowest BCUT2D eigenvalue weighted by Gasteiger charge is -2.09. The maximum Gasteiger partial charge on any atom is 0.338 e. The van der Waals surface area contributed by atoms with Crippen molar-refractivity contribution in [3.05, 3.63) is 53.5 Å². The number of hydrogen-bond acceptors (Lipinski definition) is 4. The molecule has 0 unspecified atom stereocenters. The molecule has 0 spiro atoms. The van der Waals surface area contributed by atoms with E-state index >= 15 is 0 Å². The minimum absolute atomic E-state index is 0.0459. The van der Waals surface area contributed by atoms with Crippen LogP contribution < -0.4 is 4.74 Å². The van der Waals surface area contributed by atoms with Crippen LogP contribution in [-0.4, -0.2) is 22.8 Å². The van der Waals surface area contributed by atoms with Gasteiger partial charge in [0.05, 0.1) is 5.56 Å². The Kier molecular flexibility index (Phi) is 4.20. The Bertz CT molecular complexity index is 558. The Balaban J connectivity index is 2.03. The van der Waals surface area contributed by atoms with E-state index in [0.717, 1.165) is 5.56 Å². The average molecular weight is 262 g/mol. The highest BCUT2D eigenvalue weighted by Crippen LogP contribution is 2.20. The number of carboxylic acids is 1. The lowest BCUT2D eigenvalue weighted by atomic mass is 10.1. The first kappa shape index (κ1) is 13.2. The first-order valence-corrected chi connectivity index (χ1v) is 5.83. The molecule has 0 amide bonds. The fourth-order valence-electron chi connectivity index (χ4n) is 1.69. The molecule has 1 aromatic carbocycles. The Morgan fingerprint density at radius 2 is 2.11 bits per heavy atom. The Morgan fingerprint density at radius 1 is 1.32 bits per heavy atom. The molecule has 1 heterocycles. The van der Waals surface area contributed by atoms with E-state index < -0.39 is 5.97 Å². The summed E-state index contributed by atoms with van der Waals surface area (Å²) < 4.78 is 10.7. The standard InChI is InChI=1S/C14H14O5/c15-6-5-10-3-1-2-4-13(10)19-9-12-7-11(8-18-12)14(16)17/h1-4,7-8,15H,5-6,9H2,(H,16,17). The van der Waals surface area contributed by atoms with Gasteiger partial charge in [-0.3, -0.25) is 0 Å². The van der Waals surface area contributed by atoms with Crippen molar-refractivity contribution in [1.82, 2.24) is 0 Å². The van der Waals surface area contributed by atoms with Crippen LogP contribution in [0.5, 0.6) is 5.75 Å². The van der Waals surface area contributed by atoms with Crippen molar-refractivity contribution >= 4 is 5.97 Å². The lowest BCUT2D eigenvalue weighted by molar-refractivity contribution is 0.0696. The highest BCUT2D eigenvalue weighted by molar-refractivity contribution is 5.87. The van der Waals surface area contributed by atoms with E-state index in [-0.39, 0.29) is 18.8 Å². The second-order valence-corrected chi connectivity index (χ2v) is 3.98. The number of carbonyl (C=O) groups is 1. The molecule has 0 aliphatic rings. The fraction of sp³-hybridized carbons (Fsp3) is 0.214. The van der Waals surface area contributed by atoms with Crippen molar-refractivity contribution in [2.75, 3.05) is 6.61 Å². The van der Waals surface area contributed by atoms with Crippen molar-refractivity contribution in [3.8, 4) is 5.75 Å². The maximum absolute atomic E-state index is 10.7. The van der Waals surface area contributed by atoms with Gasteiger partial charge in [0.2, 0.25) is 0 Å². The highest BCUT2D eigenvalue weighted by Gasteiger charge is 2.09. The topological polar surface area (TPSA) is 79.9 Å². The summed E-state index contributed by atoms with van der Waals surface area (Å²) in [5, 5.41) is 17.7. The Morgan fingerprint density at radius 3 is 2.79 bits per heavy atom. The molecule has 100 valence electrons. The van der Waals surface area contributed by atoms with Crippen molar-refractivity contribution < 1.29 is 24.2 Å². The molecule has 1 aromatic heterocycles. The first-order valence-electron chi connectivity index (χ1n) is 5.83. The molecule has 0 fully saturated rings. The van der Waals surface area contributed by atoms with Gasteiger partial charge in [-0.2, -0.15) is 0 Å². The van der Waals surface area contributed by atoms with Gasteiger partial charge in [0.25, 0.3) is 0 Å². The average Bonchev–Trinajstić information content (AvgIpc) is 2.87. The number of aliphatic hydroxyl groups is 1. The monoisotopic (exact) mass is 262 g/mol. The number of aromatic carboxylic acids is 1. The zero-order valence-electron chi connectivity index (χ0n) is 10.2. The summed E-state index contributed by atoms with van der Waals surface area (Å²) in [5.74, 6) is 0.0664. The van der Waals surface area contributed by atoms with Gasteiger partial charge in [-0.1, -0.05) is 18.2 Å². The van der Waals surface area contributed by atoms with E-state index in [2.05, 4.69) is 0 Å². The number of rotatable bonds is 6. The van der Waals surface area contributed by atoms with Gasteiger partial charge in [-0.05, 0) is 24.1 Å². The predicted octanol–water partition coefficient (Wildman–Crippen LogP) is 2.09. The minimum Gasteiger partial charge on any atom is -0.485 e. The number of para-hydroxylation sites is 1. The largest absolute Gasteiger partial charge is 0.485 e. The number of furan rings is 1. The van der Waals surface area contributed by atoms with Crippen LogP contribution in [0.4, 0.5) is 0 Å². The number of hydrogen-bond donors (Lipinski definition) is 2. The zero-order chi connectivity index (χ0) is 13.7. The van der Waals surface area contributed by atoms with E-state index in [9.17, 15) is 4.79 Å². The number of carboxylic acid groups (broad SMARTS) is 1. The quantitative estimate of drug-likeness (QED) is 0.833. The molecule has 2 aromatic rings. The van der Waals surface area contributed by atoms with Gasteiger partial charge >= 0.3 is 5.97 Å². The number of benzene rings is 1. The molecule has 0 atom stereocenters. The third-order valence-electron chi connectivity index (χ3n) is 2.62. The molecular formula is C14H14O5. The van der Waals surface area contributed by atoms with E-state index in [4.69, 9.17) is 19.4 Å². The molecule has 0 bridgehead atoms. The summed E-state index contributed by atoms with van der Waals surface area (Å²) in [7, 11) is 0. The second kappa shape index (κ2) is 6.06. The Labute approximate surface area is 110 Å². The molecule has 0 saturated carbocycles. The maximum atomic E-state index is 10.7. The second-order valence-electron chi connectivity index (χ2n) is 3.98. The highest BCUT2D eigenvalue weighted by atomic mass is 16.5. The summed E-state index contributed by atoms with van der Waals surface area (Å²) in [6.45, 7) is 0.194. The van der Waals surface area contributed by atoms with Gasteiger partial charge in [-0.15, -0.1) is 0 Å². The lowest BCUT2D eigenvalue weighted by Crippen LogP contribution is -1.99. The number of aliphatic hydroxyl groups excluding tert-OH is 1. The van der Waals surface area contributed by atoms with Crippen LogP contribution in [0.15, 0.2) is 41.0 Å². The molecule has 0 saturated heterocycles. The zero-order valence-corrected chi connectivity index (χ0v) is 10.2. The van der Waals surface area contributed by atoms with Gasteiger partial charge < -0.3 is 19.4 Å². The normalized spacial score (nSPS) is 10.4. The van der Waals surface area contributed by atoms with Crippen LogP contribution in [-0.2, 0) is 13.0 Å². The summed E-state index contributed by atoms with van der Waals surface area (Å²) in [4.78, 5) is 10.7. The van der Waals surface area contributed by atoms with Crippen LogP contribution in [0.1, 0.15) is 21.7 Å². The molecular weight excluding hydrogens is 248 g/mol. The summed E-state index contributed by atoms with van der Waals surface area (Å²) >= 11 is 0. The fourth-order valence-corrected chi connectivity index (χ4v) is 1.69. The summed E-state index contributed by atoms with van der Waals surface area (Å²) in [5.41, 5.74) is 0.997. The smallest absolute Gasteiger partial charge is 0.338 e. The molecule has 5 nitrogen and oxygen atoms in total. The molecule has 0 radical (unpaired) electrons. The van der Waals surface area contributed by atoms with E-state index in [1.165, 1.54) is 12.3 Å². The first-order chi connectivity index (χ1) is 9.20. The number of ether oxygens (including phenoxy) is 1. The van der Waals surface area contributed by atoms with E-state index in [1.54, 1.807) is 6.07 Å². The Hall–Kier alpha value is -2.27. The van der Waals surface area contributed by atoms with Crippen molar-refractivity contribution in [2.24, 2.45) is 0 Å². The van der Waals surface area contributed by atoms with Crippen molar-refractivity contribution in [3.63, 3.8) is 0 Å². The SMILES string of the molecule is O=C(O)c1coc(COc2ccccc2CCO)c1. The van der Waals surface area contributed by atoms with E-state index in [1.807, 2.05) is 18.2 Å². The van der Waals surface area contributed by atoms with Crippen LogP contribution in [0.3, 0.4) is 0 Å². The van der Waals surface area contributed by atoms with Gasteiger partial charge in [0.15, 0.2) is 0 Å². The molecule has 2 N–H and O–H groups in total. The van der Waals surface area contributed by atoms with E-state index in [0.29, 0.717) is 17.9 Å². The molecule has 0 aliphatic carbocycles. The van der Waals surface area contributed by atoms with Crippen LogP contribution in [0.2, 0.25) is 0 Å². The van der Waals surface area contributed by atoms with Gasteiger partial charge in [0, 0.05) is 6.61 Å². The minimum atomic E-state index is -1.03.